The van der Waals surface area contributed by atoms with Gasteiger partial charge in [0.1, 0.15) is 5.75 Å². The van der Waals surface area contributed by atoms with E-state index in [-0.39, 0.29) is 5.92 Å². The van der Waals surface area contributed by atoms with Crippen molar-refractivity contribution >= 4 is 16.9 Å². The van der Waals surface area contributed by atoms with Crippen molar-refractivity contribution in [2.24, 2.45) is 0 Å². The number of carboxylic acid groups (broad SMARTS) is 1. The molecular formula is C20H19NO3. The molecule has 0 aliphatic carbocycles. The number of hydrogen-bond donors (Lipinski definition) is 1. The van der Waals surface area contributed by atoms with Crippen molar-refractivity contribution in [3.8, 4) is 16.9 Å². The summed E-state index contributed by atoms with van der Waals surface area (Å²) in [6.45, 7) is 4.00. The Bertz CT molecular complexity index is 916. The number of benzene rings is 2. The molecule has 3 rings (SSSR count). The molecule has 0 fully saturated rings. The normalized spacial score (nSPS) is 11.0. The van der Waals surface area contributed by atoms with Gasteiger partial charge in [-0.15, -0.1) is 0 Å². The minimum absolute atomic E-state index is 0.129. The van der Waals surface area contributed by atoms with E-state index < -0.39 is 5.97 Å². The Kier molecular flexibility index (Phi) is 4.21. The Morgan fingerprint density at radius 3 is 2.58 bits per heavy atom. The molecular weight excluding hydrogens is 302 g/mol. The Morgan fingerprint density at radius 1 is 1.12 bits per heavy atom. The molecule has 0 radical (unpaired) electrons. The minimum Gasteiger partial charge on any atom is -0.497 e. The first-order chi connectivity index (χ1) is 11.5. The van der Waals surface area contributed by atoms with Crippen LogP contribution < -0.4 is 4.74 Å². The van der Waals surface area contributed by atoms with Crippen LogP contribution in [-0.2, 0) is 0 Å². The van der Waals surface area contributed by atoms with Crippen LogP contribution in [0, 0.1) is 0 Å². The standard InChI is InChI=1S/C20H19NO3/c1-12(2)18-10-13(4-6-17(18)20(22)23)15-8-9-21-19-11-14(24-3)5-7-16(15)19/h4-12H,1-3H3,(H,22,23). The van der Waals surface area contributed by atoms with Gasteiger partial charge in [0, 0.05) is 17.6 Å². The highest BCUT2D eigenvalue weighted by Gasteiger charge is 2.15. The Morgan fingerprint density at radius 2 is 1.92 bits per heavy atom. The molecule has 0 saturated carbocycles. The first kappa shape index (κ1) is 16.0. The van der Waals surface area contributed by atoms with Gasteiger partial charge in [-0.2, -0.15) is 0 Å². The smallest absolute Gasteiger partial charge is 0.335 e. The summed E-state index contributed by atoms with van der Waals surface area (Å²) in [6, 6.07) is 13.2. The first-order valence-corrected chi connectivity index (χ1v) is 7.81. The van der Waals surface area contributed by atoms with Gasteiger partial charge in [0.05, 0.1) is 18.2 Å². The topological polar surface area (TPSA) is 59.4 Å². The number of aromatic carboxylic acids is 1. The SMILES string of the molecule is COc1ccc2c(-c3ccc(C(=O)O)c(C(C)C)c3)ccnc2c1. The molecule has 0 bridgehead atoms. The third kappa shape index (κ3) is 2.83. The fraction of sp³-hybridized carbons (Fsp3) is 0.200. The summed E-state index contributed by atoms with van der Waals surface area (Å²) in [6.07, 6.45) is 1.76. The molecule has 0 aliphatic heterocycles. The second-order valence-electron chi connectivity index (χ2n) is 6.00. The fourth-order valence-electron chi connectivity index (χ4n) is 2.91. The van der Waals surface area contributed by atoms with Crippen LogP contribution in [0.4, 0.5) is 0 Å². The number of ether oxygens (including phenoxy) is 1. The highest BCUT2D eigenvalue weighted by molar-refractivity contribution is 5.96. The van der Waals surface area contributed by atoms with Crippen LogP contribution in [0.1, 0.15) is 35.7 Å². The third-order valence-corrected chi connectivity index (χ3v) is 4.16. The maximum atomic E-state index is 11.4. The van der Waals surface area contributed by atoms with E-state index in [1.807, 2.05) is 50.2 Å². The zero-order valence-corrected chi connectivity index (χ0v) is 13.9. The van der Waals surface area contributed by atoms with Gasteiger partial charge in [-0.25, -0.2) is 4.79 Å². The van der Waals surface area contributed by atoms with Gasteiger partial charge in [-0.3, -0.25) is 4.98 Å². The third-order valence-electron chi connectivity index (χ3n) is 4.16. The number of carbonyl (C=O) groups is 1. The van der Waals surface area contributed by atoms with E-state index in [1.165, 1.54) is 0 Å². The average molecular weight is 321 g/mol. The lowest BCUT2D eigenvalue weighted by Gasteiger charge is -2.13. The van der Waals surface area contributed by atoms with E-state index in [0.29, 0.717) is 5.56 Å². The Balaban J connectivity index is 2.20. The van der Waals surface area contributed by atoms with Crippen LogP contribution in [0.5, 0.6) is 5.75 Å². The zero-order chi connectivity index (χ0) is 17.3. The maximum Gasteiger partial charge on any atom is 0.335 e. The van der Waals surface area contributed by atoms with Crippen LogP contribution in [0.15, 0.2) is 48.7 Å². The van der Waals surface area contributed by atoms with Gasteiger partial charge in [-0.1, -0.05) is 26.0 Å². The number of pyridine rings is 1. The van der Waals surface area contributed by atoms with Crippen LogP contribution in [-0.4, -0.2) is 23.2 Å². The molecule has 0 aliphatic rings. The molecule has 0 saturated heterocycles. The lowest BCUT2D eigenvalue weighted by atomic mass is 9.92. The molecule has 0 unspecified atom stereocenters. The van der Waals surface area contributed by atoms with Crippen LogP contribution in [0.25, 0.3) is 22.0 Å². The van der Waals surface area contributed by atoms with Gasteiger partial charge in [-0.05, 0) is 46.9 Å². The van der Waals surface area contributed by atoms with Crippen molar-refractivity contribution < 1.29 is 14.6 Å². The van der Waals surface area contributed by atoms with E-state index in [4.69, 9.17) is 4.74 Å². The lowest BCUT2D eigenvalue weighted by Crippen LogP contribution is -2.04. The molecule has 122 valence electrons. The number of nitrogens with zero attached hydrogens (tertiary/aromatic N) is 1. The first-order valence-electron chi connectivity index (χ1n) is 7.81. The molecule has 0 atom stereocenters. The predicted octanol–water partition coefficient (Wildman–Crippen LogP) is 4.73. The van der Waals surface area contributed by atoms with Gasteiger partial charge in [0.2, 0.25) is 0 Å². The van der Waals surface area contributed by atoms with E-state index in [0.717, 1.165) is 33.3 Å². The van der Waals surface area contributed by atoms with Crippen LogP contribution >= 0.6 is 0 Å². The van der Waals surface area contributed by atoms with Gasteiger partial charge in [0.15, 0.2) is 0 Å². The molecule has 0 amide bonds. The molecule has 3 aromatic rings. The molecule has 4 nitrogen and oxygen atoms in total. The number of aromatic nitrogens is 1. The summed E-state index contributed by atoms with van der Waals surface area (Å²) in [5, 5.41) is 10.4. The highest BCUT2D eigenvalue weighted by atomic mass is 16.5. The summed E-state index contributed by atoms with van der Waals surface area (Å²) < 4.78 is 5.26. The largest absolute Gasteiger partial charge is 0.497 e. The number of methoxy groups -OCH3 is 1. The van der Waals surface area contributed by atoms with Crippen molar-refractivity contribution in [3.05, 3.63) is 59.8 Å². The maximum absolute atomic E-state index is 11.4. The molecule has 4 heteroatoms. The lowest BCUT2D eigenvalue weighted by molar-refractivity contribution is 0.0695. The molecule has 1 aromatic heterocycles. The van der Waals surface area contributed by atoms with Crippen molar-refractivity contribution in [2.75, 3.05) is 7.11 Å². The van der Waals surface area contributed by atoms with Crippen molar-refractivity contribution in [1.29, 1.82) is 0 Å². The Hall–Kier alpha value is -2.88. The average Bonchev–Trinajstić information content (AvgIpc) is 2.60. The van der Waals surface area contributed by atoms with Crippen LogP contribution in [0.2, 0.25) is 0 Å². The van der Waals surface area contributed by atoms with E-state index in [9.17, 15) is 9.90 Å². The molecule has 24 heavy (non-hydrogen) atoms. The molecule has 1 heterocycles. The highest BCUT2D eigenvalue weighted by Crippen LogP contribution is 2.32. The quantitative estimate of drug-likeness (QED) is 0.754. The van der Waals surface area contributed by atoms with E-state index in [1.54, 1.807) is 19.4 Å². The Labute approximate surface area is 140 Å². The number of rotatable bonds is 4. The van der Waals surface area contributed by atoms with Crippen LogP contribution in [0.3, 0.4) is 0 Å². The van der Waals surface area contributed by atoms with E-state index in [2.05, 4.69) is 4.98 Å². The fourth-order valence-corrected chi connectivity index (χ4v) is 2.91. The summed E-state index contributed by atoms with van der Waals surface area (Å²) in [7, 11) is 1.63. The van der Waals surface area contributed by atoms with Gasteiger partial charge >= 0.3 is 5.97 Å². The molecule has 2 aromatic carbocycles. The summed E-state index contributed by atoms with van der Waals surface area (Å²) >= 11 is 0. The van der Waals surface area contributed by atoms with Gasteiger partial charge < -0.3 is 9.84 Å². The number of carboxylic acids is 1. The molecule has 1 N–H and O–H groups in total. The van der Waals surface area contributed by atoms with Gasteiger partial charge in [0.25, 0.3) is 0 Å². The van der Waals surface area contributed by atoms with Crippen molar-refractivity contribution in [3.63, 3.8) is 0 Å². The minimum atomic E-state index is -0.894. The zero-order valence-electron chi connectivity index (χ0n) is 13.9. The molecule has 0 spiro atoms. The van der Waals surface area contributed by atoms with E-state index >= 15 is 0 Å². The summed E-state index contributed by atoms with van der Waals surface area (Å²) in [5.41, 5.74) is 4.05. The number of hydrogen-bond acceptors (Lipinski definition) is 3. The second kappa shape index (κ2) is 6.32. The monoisotopic (exact) mass is 321 g/mol. The summed E-state index contributed by atoms with van der Waals surface area (Å²) in [4.78, 5) is 15.8. The number of fused-ring (bicyclic) bond motifs is 1. The van der Waals surface area contributed by atoms with Crippen molar-refractivity contribution in [2.45, 2.75) is 19.8 Å². The van der Waals surface area contributed by atoms with Crippen molar-refractivity contribution in [1.82, 2.24) is 4.98 Å². The predicted molar refractivity (Wildman–Crippen MR) is 94.8 cm³/mol. The second-order valence-corrected chi connectivity index (χ2v) is 6.00. The summed E-state index contributed by atoms with van der Waals surface area (Å²) in [5.74, 6) is -0.00457.